The van der Waals surface area contributed by atoms with E-state index < -0.39 is 17.7 Å². The highest BCUT2D eigenvalue weighted by molar-refractivity contribution is 9.10. The molecule has 0 radical (unpaired) electrons. The van der Waals surface area contributed by atoms with Gasteiger partial charge in [0.1, 0.15) is 11.5 Å². The third kappa shape index (κ3) is 5.05. The number of likely N-dealkylation sites (tertiary alicyclic amines) is 1. The maximum atomic E-state index is 13.1. The predicted octanol–water partition coefficient (Wildman–Crippen LogP) is 4.61. The normalized spacial score (nSPS) is 17.9. The minimum atomic E-state index is -0.666. The van der Waals surface area contributed by atoms with Gasteiger partial charge in [0, 0.05) is 16.6 Å². The molecular weight excluding hydrogens is 472 g/mol. The number of rotatable bonds is 9. The van der Waals surface area contributed by atoms with Crippen molar-refractivity contribution in [3.05, 3.63) is 69.7 Å². The summed E-state index contributed by atoms with van der Waals surface area (Å²) >= 11 is 3.43. The molecule has 2 aromatic carbocycles. The Morgan fingerprint density at radius 2 is 1.81 bits per heavy atom. The molecule has 1 heterocycles. The summed E-state index contributed by atoms with van der Waals surface area (Å²) in [7, 11) is 1.54. The second-order valence-corrected chi connectivity index (χ2v) is 8.57. The maximum Gasteiger partial charge on any atom is 0.295 e. The zero-order chi connectivity index (χ0) is 23.3. The SMILES string of the molecule is CCN(CC)CCCN1C(=O)C(=O)C(=C(O)c2cccc(OC)c2)[C@H]1c1ccc(Br)cc1. The molecular formula is C25H29BrN2O4. The van der Waals surface area contributed by atoms with E-state index in [0.29, 0.717) is 17.9 Å². The molecule has 1 aliphatic rings. The van der Waals surface area contributed by atoms with Gasteiger partial charge in [0.05, 0.1) is 18.7 Å². The fourth-order valence-electron chi connectivity index (χ4n) is 4.03. The number of carbonyl (C=O) groups excluding carboxylic acids is 2. The number of ketones is 1. The van der Waals surface area contributed by atoms with Gasteiger partial charge in [0.15, 0.2) is 0 Å². The van der Waals surface area contributed by atoms with Crippen LogP contribution in [-0.4, -0.2) is 59.9 Å². The van der Waals surface area contributed by atoms with Crippen LogP contribution in [0.3, 0.4) is 0 Å². The average Bonchev–Trinajstić information content (AvgIpc) is 3.07. The molecule has 0 unspecified atom stereocenters. The molecule has 1 N–H and O–H groups in total. The number of Topliss-reactive ketones (excluding diaryl/α,β-unsaturated/α-hetero) is 1. The van der Waals surface area contributed by atoms with Crippen molar-refractivity contribution in [2.24, 2.45) is 0 Å². The number of benzene rings is 2. The number of nitrogens with zero attached hydrogens (tertiary/aromatic N) is 2. The summed E-state index contributed by atoms with van der Waals surface area (Å²) in [5, 5.41) is 11.1. The highest BCUT2D eigenvalue weighted by Gasteiger charge is 2.45. The molecule has 0 aliphatic carbocycles. The Morgan fingerprint density at radius 1 is 1.12 bits per heavy atom. The molecule has 6 nitrogen and oxygen atoms in total. The fraction of sp³-hybridized carbons (Fsp3) is 0.360. The van der Waals surface area contributed by atoms with E-state index in [1.54, 1.807) is 29.2 Å². The first-order valence-corrected chi connectivity index (χ1v) is 11.6. The number of hydrogen-bond acceptors (Lipinski definition) is 5. The lowest BCUT2D eigenvalue weighted by molar-refractivity contribution is -0.140. The zero-order valence-corrected chi connectivity index (χ0v) is 20.3. The largest absolute Gasteiger partial charge is 0.507 e. The van der Waals surface area contributed by atoms with Crippen molar-refractivity contribution >= 4 is 33.4 Å². The molecule has 0 bridgehead atoms. The maximum absolute atomic E-state index is 13.1. The van der Waals surface area contributed by atoms with E-state index in [1.165, 1.54) is 7.11 Å². The van der Waals surface area contributed by atoms with E-state index >= 15 is 0 Å². The number of ether oxygens (including phenoxy) is 1. The highest BCUT2D eigenvalue weighted by Crippen LogP contribution is 2.40. The van der Waals surface area contributed by atoms with Gasteiger partial charge in [-0.1, -0.05) is 54.0 Å². The van der Waals surface area contributed by atoms with Gasteiger partial charge in [-0.3, -0.25) is 9.59 Å². The summed E-state index contributed by atoms with van der Waals surface area (Å²) < 4.78 is 6.15. The summed E-state index contributed by atoms with van der Waals surface area (Å²) in [4.78, 5) is 30.0. The van der Waals surface area contributed by atoms with E-state index in [-0.39, 0.29) is 11.3 Å². The van der Waals surface area contributed by atoms with Crippen LogP contribution in [0.15, 0.2) is 58.6 Å². The smallest absolute Gasteiger partial charge is 0.295 e. The van der Waals surface area contributed by atoms with Gasteiger partial charge in [0.25, 0.3) is 11.7 Å². The van der Waals surface area contributed by atoms with Crippen molar-refractivity contribution in [1.82, 2.24) is 9.80 Å². The van der Waals surface area contributed by atoms with Crippen LogP contribution in [0.1, 0.15) is 37.4 Å². The molecule has 2 aromatic rings. The summed E-state index contributed by atoms with van der Waals surface area (Å²) in [5.74, 6) is -0.882. The Morgan fingerprint density at radius 3 is 2.44 bits per heavy atom. The van der Waals surface area contributed by atoms with Crippen LogP contribution in [0.2, 0.25) is 0 Å². The Bertz CT molecular complexity index is 999. The Labute approximate surface area is 197 Å². The number of hydrogen-bond donors (Lipinski definition) is 1. The van der Waals surface area contributed by atoms with Gasteiger partial charge in [-0.05, 0) is 55.9 Å². The lowest BCUT2D eigenvalue weighted by atomic mass is 9.95. The number of halogens is 1. The Balaban J connectivity index is 2.03. The quantitative estimate of drug-likeness (QED) is 0.309. The first-order chi connectivity index (χ1) is 15.4. The Hall–Kier alpha value is -2.64. The fourth-order valence-corrected chi connectivity index (χ4v) is 4.30. The molecule has 7 heteroatoms. The summed E-state index contributed by atoms with van der Waals surface area (Å²) in [5.41, 5.74) is 1.32. The van der Waals surface area contributed by atoms with Crippen molar-refractivity contribution in [2.45, 2.75) is 26.3 Å². The number of aliphatic hydroxyl groups excluding tert-OH is 1. The molecule has 0 aromatic heterocycles. The second-order valence-electron chi connectivity index (χ2n) is 7.66. The molecule has 1 amide bonds. The van der Waals surface area contributed by atoms with E-state index in [0.717, 1.165) is 36.1 Å². The van der Waals surface area contributed by atoms with Gasteiger partial charge >= 0.3 is 0 Å². The third-order valence-corrected chi connectivity index (χ3v) is 6.37. The van der Waals surface area contributed by atoms with Gasteiger partial charge < -0.3 is 19.6 Å². The van der Waals surface area contributed by atoms with Crippen molar-refractivity contribution in [3.8, 4) is 5.75 Å². The number of carbonyl (C=O) groups is 2. The molecule has 3 rings (SSSR count). The lowest BCUT2D eigenvalue weighted by Gasteiger charge is -2.27. The van der Waals surface area contributed by atoms with Gasteiger partial charge in [-0.15, -0.1) is 0 Å². The van der Waals surface area contributed by atoms with Crippen LogP contribution in [0.4, 0.5) is 0 Å². The van der Waals surface area contributed by atoms with Crippen LogP contribution < -0.4 is 4.74 Å². The minimum absolute atomic E-state index is 0.105. The van der Waals surface area contributed by atoms with E-state index in [2.05, 4.69) is 34.7 Å². The van der Waals surface area contributed by atoms with Crippen LogP contribution in [0, 0.1) is 0 Å². The van der Waals surface area contributed by atoms with Crippen molar-refractivity contribution in [3.63, 3.8) is 0 Å². The lowest BCUT2D eigenvalue weighted by Crippen LogP contribution is -2.33. The Kier molecular flexibility index (Phi) is 8.10. The van der Waals surface area contributed by atoms with Crippen LogP contribution >= 0.6 is 15.9 Å². The highest BCUT2D eigenvalue weighted by atomic mass is 79.9. The van der Waals surface area contributed by atoms with Crippen LogP contribution in [-0.2, 0) is 9.59 Å². The minimum Gasteiger partial charge on any atom is -0.507 e. The van der Waals surface area contributed by atoms with Gasteiger partial charge in [-0.2, -0.15) is 0 Å². The molecule has 32 heavy (non-hydrogen) atoms. The van der Waals surface area contributed by atoms with Crippen LogP contribution in [0.5, 0.6) is 5.75 Å². The molecule has 170 valence electrons. The monoisotopic (exact) mass is 500 g/mol. The molecule has 1 fully saturated rings. The first kappa shape index (κ1) is 24.0. The molecule has 1 atom stereocenters. The number of aliphatic hydroxyl groups is 1. The molecule has 0 saturated carbocycles. The zero-order valence-electron chi connectivity index (χ0n) is 18.7. The number of amides is 1. The third-order valence-electron chi connectivity index (χ3n) is 5.84. The van der Waals surface area contributed by atoms with Crippen molar-refractivity contribution in [2.75, 3.05) is 33.3 Å². The second kappa shape index (κ2) is 10.8. The number of methoxy groups -OCH3 is 1. The van der Waals surface area contributed by atoms with Gasteiger partial charge in [0.2, 0.25) is 0 Å². The van der Waals surface area contributed by atoms with Gasteiger partial charge in [-0.25, -0.2) is 0 Å². The predicted molar refractivity (Wildman–Crippen MR) is 129 cm³/mol. The molecule has 1 aliphatic heterocycles. The van der Waals surface area contributed by atoms with Crippen molar-refractivity contribution < 1.29 is 19.4 Å². The van der Waals surface area contributed by atoms with Crippen LogP contribution in [0.25, 0.3) is 5.76 Å². The van der Waals surface area contributed by atoms with E-state index in [4.69, 9.17) is 4.74 Å². The average molecular weight is 501 g/mol. The molecule has 1 saturated heterocycles. The topological polar surface area (TPSA) is 70.1 Å². The van der Waals surface area contributed by atoms with E-state index in [9.17, 15) is 14.7 Å². The summed E-state index contributed by atoms with van der Waals surface area (Å²) in [6, 6.07) is 13.7. The summed E-state index contributed by atoms with van der Waals surface area (Å²) in [6.45, 7) is 7.33. The standard InChI is InChI=1S/C25H29BrN2O4/c1-4-27(5-2)14-7-15-28-22(17-10-12-19(26)13-11-17)21(24(30)25(28)31)23(29)18-8-6-9-20(16-18)32-3/h6,8-13,16,22,29H,4-5,7,14-15H2,1-3H3/t22-/m1/s1. The van der Waals surface area contributed by atoms with Crippen molar-refractivity contribution in [1.29, 1.82) is 0 Å². The van der Waals surface area contributed by atoms with E-state index in [1.807, 2.05) is 24.3 Å². The first-order valence-electron chi connectivity index (χ1n) is 10.8. The summed E-state index contributed by atoms with van der Waals surface area (Å²) in [6.07, 6.45) is 0.737. The molecule has 0 spiro atoms.